The van der Waals surface area contributed by atoms with Gasteiger partial charge >= 0.3 is 5.97 Å². The summed E-state index contributed by atoms with van der Waals surface area (Å²) in [5.41, 5.74) is 0.958. The first-order valence-corrected chi connectivity index (χ1v) is 3.59. The van der Waals surface area contributed by atoms with E-state index in [0.29, 0.717) is 0 Å². The molecule has 0 fully saturated rings. The van der Waals surface area contributed by atoms with E-state index in [1.807, 2.05) is 0 Å². The molecule has 13 heavy (non-hydrogen) atoms. The second-order valence-electron chi connectivity index (χ2n) is 1.99. The molecule has 0 aliphatic carbocycles. The van der Waals surface area contributed by atoms with Crippen LogP contribution in [0, 0.1) is 0 Å². The number of nitrogens with one attached hydrogen (secondary N) is 1. The first-order valence-electron chi connectivity index (χ1n) is 3.59. The molecule has 4 nitrogen and oxygen atoms in total. The third kappa shape index (κ3) is 6.55. The van der Waals surface area contributed by atoms with Crippen molar-refractivity contribution >= 4 is 12.0 Å². The zero-order valence-corrected chi connectivity index (χ0v) is 7.49. The zero-order chi connectivity index (χ0) is 10.1. The average molecular weight is 180 g/mol. The number of aromatic nitrogens is 2. The van der Waals surface area contributed by atoms with Crippen molar-refractivity contribution in [3.8, 4) is 0 Å². The lowest BCUT2D eigenvalue weighted by Gasteiger charge is -1.83. The quantitative estimate of drug-likeness (QED) is 0.557. The van der Waals surface area contributed by atoms with Crippen molar-refractivity contribution in [3.63, 3.8) is 0 Å². The van der Waals surface area contributed by atoms with Crippen LogP contribution in [0.3, 0.4) is 0 Å². The molecular formula is C9H12N2O2. The van der Waals surface area contributed by atoms with Gasteiger partial charge in [-0.3, -0.25) is 4.79 Å². The number of hydrogen-bond donors (Lipinski definition) is 1. The monoisotopic (exact) mass is 180 g/mol. The van der Waals surface area contributed by atoms with Crippen LogP contribution in [-0.2, 0) is 9.53 Å². The molecule has 1 N–H and O–H groups in total. The van der Waals surface area contributed by atoms with Gasteiger partial charge in [0.15, 0.2) is 0 Å². The van der Waals surface area contributed by atoms with E-state index < -0.39 is 0 Å². The molecule has 0 spiro atoms. The van der Waals surface area contributed by atoms with Crippen molar-refractivity contribution in [2.45, 2.75) is 6.92 Å². The van der Waals surface area contributed by atoms with E-state index in [4.69, 9.17) is 0 Å². The third-order valence-corrected chi connectivity index (χ3v) is 0.989. The normalized spacial score (nSPS) is 7.77. The predicted molar refractivity (Wildman–Crippen MR) is 50.6 cm³/mol. The SMILES string of the molecule is C=COC(C)=O.C=Cc1cnc[nH]1. The highest BCUT2D eigenvalue weighted by atomic mass is 16.5. The highest BCUT2D eigenvalue weighted by Crippen LogP contribution is 1.88. The van der Waals surface area contributed by atoms with Crippen molar-refractivity contribution in [1.82, 2.24) is 9.97 Å². The van der Waals surface area contributed by atoms with E-state index in [9.17, 15) is 4.79 Å². The third-order valence-electron chi connectivity index (χ3n) is 0.989. The second kappa shape index (κ2) is 6.84. The molecule has 0 atom stereocenters. The molecule has 0 amide bonds. The number of nitrogens with zero attached hydrogens (tertiary/aromatic N) is 1. The number of carbonyl (C=O) groups excluding carboxylic acids is 1. The van der Waals surface area contributed by atoms with Gasteiger partial charge < -0.3 is 9.72 Å². The number of rotatable bonds is 2. The molecule has 0 bridgehead atoms. The Hall–Kier alpha value is -1.84. The van der Waals surface area contributed by atoms with E-state index in [0.717, 1.165) is 12.0 Å². The van der Waals surface area contributed by atoms with Crippen molar-refractivity contribution in [2.75, 3.05) is 0 Å². The fourth-order valence-electron chi connectivity index (χ4n) is 0.496. The maximum absolute atomic E-state index is 9.75. The summed E-state index contributed by atoms with van der Waals surface area (Å²) in [5, 5.41) is 0. The molecule has 1 heterocycles. The van der Waals surface area contributed by atoms with Crippen LogP contribution in [0.25, 0.3) is 6.08 Å². The Kier molecular flexibility index (Phi) is 5.88. The molecule has 0 radical (unpaired) electrons. The Balaban J connectivity index is 0.000000226. The van der Waals surface area contributed by atoms with Gasteiger partial charge in [0, 0.05) is 6.92 Å². The Morgan fingerprint density at radius 2 is 2.38 bits per heavy atom. The zero-order valence-electron chi connectivity index (χ0n) is 7.49. The standard InChI is InChI=1S/C5H6N2.C4H6O2/c1-2-5-3-6-4-7-5;1-3-6-4(2)5/h2-4H,1H2,(H,6,7);3H,1H2,2H3. The van der Waals surface area contributed by atoms with E-state index in [-0.39, 0.29) is 5.97 Å². The molecular weight excluding hydrogens is 168 g/mol. The van der Waals surface area contributed by atoms with Gasteiger partial charge in [0.2, 0.25) is 0 Å². The maximum Gasteiger partial charge on any atom is 0.307 e. The van der Waals surface area contributed by atoms with E-state index in [2.05, 4.69) is 27.9 Å². The second-order valence-corrected chi connectivity index (χ2v) is 1.99. The molecule has 0 saturated heterocycles. The number of ether oxygens (including phenoxy) is 1. The summed E-state index contributed by atoms with van der Waals surface area (Å²) in [4.78, 5) is 16.4. The topological polar surface area (TPSA) is 55.0 Å². The highest BCUT2D eigenvalue weighted by molar-refractivity contribution is 5.66. The Morgan fingerprint density at radius 3 is 2.54 bits per heavy atom. The van der Waals surface area contributed by atoms with Gasteiger partial charge in [-0.15, -0.1) is 0 Å². The Labute approximate surface area is 77.0 Å². The Morgan fingerprint density at radius 1 is 1.69 bits per heavy atom. The molecule has 1 rings (SSSR count). The van der Waals surface area contributed by atoms with E-state index in [1.165, 1.54) is 6.92 Å². The lowest BCUT2D eigenvalue weighted by atomic mass is 10.5. The summed E-state index contributed by atoms with van der Waals surface area (Å²) < 4.78 is 4.17. The number of H-pyrrole nitrogens is 1. The van der Waals surface area contributed by atoms with Crippen LogP contribution in [-0.4, -0.2) is 15.9 Å². The minimum absolute atomic E-state index is 0.329. The molecule has 70 valence electrons. The van der Waals surface area contributed by atoms with Crippen LogP contribution >= 0.6 is 0 Å². The van der Waals surface area contributed by atoms with Gasteiger partial charge in [-0.1, -0.05) is 13.2 Å². The van der Waals surface area contributed by atoms with Crippen LogP contribution in [0.15, 0.2) is 31.9 Å². The number of aromatic amines is 1. The summed E-state index contributed by atoms with van der Waals surface area (Å²) >= 11 is 0. The first kappa shape index (κ1) is 11.2. The van der Waals surface area contributed by atoms with Crippen LogP contribution in [0.5, 0.6) is 0 Å². The molecule has 0 saturated carbocycles. The van der Waals surface area contributed by atoms with Crippen LogP contribution in [0.1, 0.15) is 12.6 Å². The number of carbonyl (C=O) groups is 1. The fourth-order valence-corrected chi connectivity index (χ4v) is 0.496. The highest BCUT2D eigenvalue weighted by Gasteiger charge is 1.79. The number of imidazole rings is 1. The molecule has 1 aromatic rings. The van der Waals surface area contributed by atoms with Gasteiger partial charge in [0.05, 0.1) is 24.5 Å². The maximum atomic E-state index is 9.75. The summed E-state index contributed by atoms with van der Waals surface area (Å²) in [7, 11) is 0. The smallest absolute Gasteiger partial charge is 0.307 e. The van der Waals surface area contributed by atoms with Crippen molar-refractivity contribution in [1.29, 1.82) is 0 Å². The van der Waals surface area contributed by atoms with Crippen molar-refractivity contribution < 1.29 is 9.53 Å². The van der Waals surface area contributed by atoms with Crippen LogP contribution < -0.4 is 0 Å². The van der Waals surface area contributed by atoms with Gasteiger partial charge in [-0.05, 0) is 6.08 Å². The number of esters is 1. The van der Waals surface area contributed by atoms with E-state index >= 15 is 0 Å². The predicted octanol–water partition coefficient (Wildman–Crippen LogP) is 1.75. The largest absolute Gasteiger partial charge is 0.435 e. The summed E-state index contributed by atoms with van der Waals surface area (Å²) in [5.74, 6) is -0.329. The lowest BCUT2D eigenvalue weighted by molar-refractivity contribution is -0.135. The van der Waals surface area contributed by atoms with Crippen LogP contribution in [0.4, 0.5) is 0 Å². The van der Waals surface area contributed by atoms with Gasteiger partial charge in [0.25, 0.3) is 0 Å². The van der Waals surface area contributed by atoms with Gasteiger partial charge in [-0.25, -0.2) is 4.98 Å². The number of hydrogen-bond acceptors (Lipinski definition) is 3. The minimum Gasteiger partial charge on any atom is -0.435 e. The van der Waals surface area contributed by atoms with Crippen molar-refractivity contribution in [3.05, 3.63) is 37.6 Å². The molecule has 4 heteroatoms. The molecule has 1 aromatic heterocycles. The molecule has 0 unspecified atom stereocenters. The average Bonchev–Trinajstić information content (AvgIpc) is 2.56. The molecule has 0 aromatic carbocycles. The molecule has 0 aliphatic heterocycles. The Bertz CT molecular complexity index is 265. The summed E-state index contributed by atoms with van der Waals surface area (Å²) in [6.07, 6.45) is 6.15. The van der Waals surface area contributed by atoms with E-state index in [1.54, 1.807) is 18.6 Å². The van der Waals surface area contributed by atoms with Crippen LogP contribution in [0.2, 0.25) is 0 Å². The van der Waals surface area contributed by atoms with Gasteiger partial charge in [-0.2, -0.15) is 0 Å². The fraction of sp³-hybridized carbons (Fsp3) is 0.111. The minimum atomic E-state index is -0.329. The summed E-state index contributed by atoms with van der Waals surface area (Å²) in [6, 6.07) is 0. The van der Waals surface area contributed by atoms with Crippen molar-refractivity contribution in [2.24, 2.45) is 0 Å². The lowest BCUT2D eigenvalue weighted by Crippen LogP contribution is -1.87. The van der Waals surface area contributed by atoms with Gasteiger partial charge in [0.1, 0.15) is 0 Å². The summed E-state index contributed by atoms with van der Waals surface area (Å²) in [6.45, 7) is 8.01. The molecule has 0 aliphatic rings. The first-order chi connectivity index (χ1) is 6.20.